The number of terminal acetylenes is 1. The van der Waals surface area contributed by atoms with Gasteiger partial charge in [-0.1, -0.05) is 29.7 Å². The predicted octanol–water partition coefficient (Wildman–Crippen LogP) is 11.3. The quantitative estimate of drug-likeness (QED) is 0.0694. The monoisotopic (exact) mass is 774 g/mol. The molecule has 10 heteroatoms. The summed E-state index contributed by atoms with van der Waals surface area (Å²) in [4.78, 5) is 12.8. The van der Waals surface area contributed by atoms with Gasteiger partial charge in [-0.3, -0.25) is 9.35 Å². The predicted molar refractivity (Wildman–Crippen MR) is 217 cm³/mol. The summed E-state index contributed by atoms with van der Waals surface area (Å²) in [6.07, 6.45) is 5.51. The first-order chi connectivity index (χ1) is 27.5. The average Bonchev–Trinajstić information content (AvgIpc) is 3.23. The van der Waals surface area contributed by atoms with Gasteiger partial charge in [-0.2, -0.15) is 8.42 Å². The van der Waals surface area contributed by atoms with Crippen molar-refractivity contribution in [2.24, 2.45) is 0 Å². The van der Waals surface area contributed by atoms with Crippen molar-refractivity contribution in [3.05, 3.63) is 180 Å². The first-order valence-corrected chi connectivity index (χ1v) is 19.0. The van der Waals surface area contributed by atoms with Gasteiger partial charge in [0.2, 0.25) is 0 Å². The number of aryl methyl sites for hydroxylation is 1. The number of carbonyl (C=O) groups excluding carboxylic acids is 1. The van der Waals surface area contributed by atoms with Crippen LogP contribution in [0.2, 0.25) is 0 Å². The molecule has 0 saturated heterocycles. The van der Waals surface area contributed by atoms with Gasteiger partial charge in [0.15, 0.2) is 5.78 Å². The fourth-order valence-corrected chi connectivity index (χ4v) is 6.43. The van der Waals surface area contributed by atoms with Crippen LogP contribution in [-0.4, -0.2) is 25.9 Å². The molecule has 0 radical (unpaired) electrons. The van der Waals surface area contributed by atoms with Gasteiger partial charge in [0.25, 0.3) is 10.1 Å². The Balaban J connectivity index is 1.000. The molecule has 9 nitrogen and oxygen atoms in total. The highest BCUT2D eigenvalue weighted by Gasteiger charge is 2.20. The Morgan fingerprint density at radius 3 is 1.47 bits per heavy atom. The molecular weight excluding hydrogens is 741 g/mol. The van der Waals surface area contributed by atoms with Gasteiger partial charge >= 0.3 is 0 Å². The Morgan fingerprint density at radius 1 is 0.544 bits per heavy atom. The molecule has 0 atom stereocenters. The minimum Gasteiger partial charge on any atom is -0.497 e. The van der Waals surface area contributed by atoms with E-state index in [9.17, 15) is 17.8 Å². The van der Waals surface area contributed by atoms with Gasteiger partial charge in [0.1, 0.15) is 56.6 Å². The highest BCUT2D eigenvalue weighted by Crippen LogP contribution is 2.38. The third-order valence-corrected chi connectivity index (χ3v) is 9.61. The number of ether oxygens (including phenoxy) is 5. The molecule has 0 spiro atoms. The van der Waals surface area contributed by atoms with Crippen molar-refractivity contribution in [2.75, 3.05) is 7.11 Å². The van der Waals surface area contributed by atoms with Crippen LogP contribution >= 0.6 is 0 Å². The van der Waals surface area contributed by atoms with Gasteiger partial charge in [-0.15, -0.1) is 6.42 Å². The summed E-state index contributed by atoms with van der Waals surface area (Å²) in [5, 5.41) is 0. The fourth-order valence-electron chi connectivity index (χ4n) is 5.80. The number of rotatable bonds is 13. The molecule has 7 rings (SSSR count). The van der Waals surface area contributed by atoms with E-state index in [2.05, 4.69) is 5.92 Å². The fraction of sp³-hybridized carbons (Fsp3) is 0.0426. The van der Waals surface area contributed by atoms with Crippen LogP contribution in [0.1, 0.15) is 27.0 Å². The largest absolute Gasteiger partial charge is 0.497 e. The Hall–Kier alpha value is -7.32. The number of carbonyl (C=O) groups is 1. The third-order valence-electron chi connectivity index (χ3n) is 8.73. The van der Waals surface area contributed by atoms with Crippen LogP contribution in [0.3, 0.4) is 0 Å². The standard InChI is InChI=1S/C47H34O9S/c1-4-32-6-8-33(9-7-32)43-29-31(2)5-27-44(43)56-42-26-28-45(46(30-42)57(49,50)51)55-41-16-12-35(13-17-41)47(48)34-10-14-37(15-11-34)53-39-22-24-40(25-23-39)54-38-20-18-36(52-3)19-21-38/h1,5-30H,2-3H3,(H,49,50,51). The van der Waals surface area contributed by atoms with Crippen LogP contribution in [0.4, 0.5) is 0 Å². The maximum Gasteiger partial charge on any atom is 0.298 e. The van der Waals surface area contributed by atoms with Crippen molar-refractivity contribution in [2.45, 2.75) is 11.8 Å². The van der Waals surface area contributed by atoms with E-state index in [1.807, 2.05) is 67.6 Å². The summed E-state index contributed by atoms with van der Waals surface area (Å²) in [7, 11) is -3.13. The molecule has 0 heterocycles. The maximum atomic E-state index is 13.3. The Bertz CT molecular complexity index is 2680. The molecule has 0 aliphatic heterocycles. The lowest BCUT2D eigenvalue weighted by atomic mass is 10.0. The zero-order valence-electron chi connectivity index (χ0n) is 30.7. The van der Waals surface area contributed by atoms with E-state index in [0.717, 1.165) is 28.0 Å². The summed E-state index contributed by atoms with van der Waals surface area (Å²) in [6.45, 7) is 1.95. The highest BCUT2D eigenvalue weighted by molar-refractivity contribution is 7.86. The Morgan fingerprint density at radius 2 is 0.982 bits per heavy atom. The van der Waals surface area contributed by atoms with Crippen molar-refractivity contribution in [3.8, 4) is 75.2 Å². The van der Waals surface area contributed by atoms with E-state index in [0.29, 0.717) is 39.9 Å². The van der Waals surface area contributed by atoms with E-state index >= 15 is 0 Å². The number of methoxy groups -OCH3 is 1. The van der Waals surface area contributed by atoms with Crippen molar-refractivity contribution >= 4 is 15.9 Å². The van der Waals surface area contributed by atoms with Crippen LogP contribution in [-0.2, 0) is 10.1 Å². The highest BCUT2D eigenvalue weighted by atomic mass is 32.2. The van der Waals surface area contributed by atoms with Gasteiger partial charge < -0.3 is 23.7 Å². The molecule has 0 fully saturated rings. The van der Waals surface area contributed by atoms with Crippen LogP contribution in [0.5, 0.6) is 51.7 Å². The molecule has 7 aromatic rings. The lowest BCUT2D eigenvalue weighted by Gasteiger charge is -2.15. The second kappa shape index (κ2) is 16.6. The molecule has 57 heavy (non-hydrogen) atoms. The van der Waals surface area contributed by atoms with E-state index in [4.69, 9.17) is 30.1 Å². The first kappa shape index (κ1) is 38.0. The van der Waals surface area contributed by atoms with Crippen molar-refractivity contribution in [1.82, 2.24) is 0 Å². The molecule has 0 unspecified atom stereocenters. The van der Waals surface area contributed by atoms with Crippen molar-refractivity contribution in [3.63, 3.8) is 0 Å². The topological polar surface area (TPSA) is 118 Å². The second-order valence-electron chi connectivity index (χ2n) is 12.7. The number of benzene rings is 7. The van der Waals surface area contributed by atoms with Gasteiger partial charge in [0.05, 0.1) is 7.11 Å². The third kappa shape index (κ3) is 9.32. The van der Waals surface area contributed by atoms with E-state index in [1.165, 1.54) is 30.3 Å². The summed E-state index contributed by atoms with van der Waals surface area (Å²) >= 11 is 0. The lowest BCUT2D eigenvalue weighted by molar-refractivity contribution is 0.103. The lowest BCUT2D eigenvalue weighted by Crippen LogP contribution is -2.03. The summed E-state index contributed by atoms with van der Waals surface area (Å²) in [5.41, 5.74) is 4.16. The number of ketones is 1. The van der Waals surface area contributed by atoms with E-state index in [-0.39, 0.29) is 23.0 Å². The SMILES string of the molecule is C#Cc1ccc(-c2cc(C)ccc2Oc2ccc(Oc3ccc(C(=O)c4ccc(Oc5ccc(Oc6ccc(OC)cc6)cc5)cc4)cc3)c(S(=O)(=O)O)c2)cc1. The Kier molecular flexibility index (Phi) is 11.1. The van der Waals surface area contributed by atoms with Gasteiger partial charge in [-0.25, -0.2) is 0 Å². The maximum absolute atomic E-state index is 13.3. The van der Waals surface area contributed by atoms with Crippen LogP contribution in [0.25, 0.3) is 11.1 Å². The molecule has 0 aromatic heterocycles. The zero-order valence-corrected chi connectivity index (χ0v) is 31.5. The minimum atomic E-state index is -4.74. The van der Waals surface area contributed by atoms with Crippen molar-refractivity contribution in [1.29, 1.82) is 0 Å². The van der Waals surface area contributed by atoms with Crippen LogP contribution in [0.15, 0.2) is 163 Å². The molecule has 0 bridgehead atoms. The smallest absolute Gasteiger partial charge is 0.298 e. The van der Waals surface area contributed by atoms with E-state index in [1.54, 1.807) is 73.8 Å². The van der Waals surface area contributed by atoms with Crippen LogP contribution < -0.4 is 23.7 Å². The molecule has 0 amide bonds. The molecule has 7 aromatic carbocycles. The van der Waals surface area contributed by atoms with Gasteiger partial charge in [0, 0.05) is 28.3 Å². The second-order valence-corrected chi connectivity index (χ2v) is 14.1. The number of hydrogen-bond donors (Lipinski definition) is 1. The molecule has 0 aliphatic rings. The molecule has 1 N–H and O–H groups in total. The summed E-state index contributed by atoms with van der Waals surface area (Å²) < 4.78 is 64.2. The Labute approximate surface area is 330 Å². The average molecular weight is 775 g/mol. The minimum absolute atomic E-state index is 0.132. The summed E-state index contributed by atoms with van der Waals surface area (Å²) in [6, 6.07) is 44.5. The number of hydrogen-bond acceptors (Lipinski definition) is 8. The first-order valence-electron chi connectivity index (χ1n) is 17.5. The molecular formula is C47H34O9S. The van der Waals surface area contributed by atoms with Crippen molar-refractivity contribution < 1.29 is 41.4 Å². The molecule has 0 aliphatic carbocycles. The zero-order chi connectivity index (χ0) is 39.9. The molecule has 282 valence electrons. The summed E-state index contributed by atoms with van der Waals surface area (Å²) in [5.74, 6) is 6.28. The van der Waals surface area contributed by atoms with Crippen LogP contribution in [0, 0.1) is 19.3 Å². The normalized spacial score (nSPS) is 10.9. The van der Waals surface area contributed by atoms with Gasteiger partial charge in [-0.05, 0) is 146 Å². The molecule has 0 saturated carbocycles. The van der Waals surface area contributed by atoms with E-state index < -0.39 is 15.0 Å².